The van der Waals surface area contributed by atoms with Crippen molar-refractivity contribution < 1.29 is 4.79 Å². The number of fused-ring (bicyclic) bond motifs is 1. The van der Waals surface area contributed by atoms with E-state index in [4.69, 9.17) is 5.73 Å². The summed E-state index contributed by atoms with van der Waals surface area (Å²) in [6, 6.07) is 11.7. The van der Waals surface area contributed by atoms with Gasteiger partial charge in [-0.15, -0.1) is 0 Å². The Morgan fingerprint density at radius 3 is 2.82 bits per heavy atom. The fourth-order valence-corrected chi connectivity index (χ4v) is 1.84. The molecule has 17 heavy (non-hydrogen) atoms. The lowest BCUT2D eigenvalue weighted by Crippen LogP contribution is -2.20. The normalized spacial score (nSPS) is 12.6. The highest BCUT2D eigenvalue weighted by Crippen LogP contribution is 2.12. The van der Waals surface area contributed by atoms with Crippen molar-refractivity contribution in [1.29, 1.82) is 0 Å². The molecule has 0 saturated carbocycles. The van der Waals surface area contributed by atoms with Gasteiger partial charge in [0.1, 0.15) is 5.78 Å². The first kappa shape index (κ1) is 11.7. The Labute approximate surface area is 101 Å². The lowest BCUT2D eigenvalue weighted by atomic mass is 10.1. The first-order valence-corrected chi connectivity index (χ1v) is 5.77. The zero-order valence-corrected chi connectivity index (χ0v) is 9.89. The number of hydrogen-bond acceptors (Lipinski definition) is 3. The molecule has 88 valence electrons. The zero-order chi connectivity index (χ0) is 12.3. The maximum atomic E-state index is 11.6. The molecular formula is C14H16N2O. The molecule has 2 N–H and O–H groups in total. The van der Waals surface area contributed by atoms with Gasteiger partial charge in [0.2, 0.25) is 0 Å². The lowest BCUT2D eigenvalue weighted by Gasteiger charge is -2.04. The average molecular weight is 228 g/mol. The highest BCUT2D eigenvalue weighted by molar-refractivity contribution is 5.83. The molecule has 0 spiro atoms. The van der Waals surface area contributed by atoms with Crippen molar-refractivity contribution in [3.63, 3.8) is 0 Å². The van der Waals surface area contributed by atoms with Gasteiger partial charge in [-0.2, -0.15) is 0 Å². The quantitative estimate of drug-likeness (QED) is 0.871. The molecule has 1 atom stereocenters. The van der Waals surface area contributed by atoms with Crippen molar-refractivity contribution >= 4 is 16.7 Å². The van der Waals surface area contributed by atoms with Gasteiger partial charge < -0.3 is 5.73 Å². The number of hydrogen-bond donors (Lipinski definition) is 1. The average Bonchev–Trinajstić information content (AvgIpc) is 2.27. The van der Waals surface area contributed by atoms with Gasteiger partial charge in [0.05, 0.1) is 5.52 Å². The van der Waals surface area contributed by atoms with E-state index in [1.807, 2.05) is 43.3 Å². The molecule has 1 heterocycles. The maximum Gasteiger partial charge on any atom is 0.140 e. The number of carbonyl (C=O) groups is 1. The third-order valence-corrected chi connectivity index (χ3v) is 2.58. The molecule has 1 unspecified atom stereocenters. The number of nitrogens with zero attached hydrogens (tertiary/aromatic N) is 1. The van der Waals surface area contributed by atoms with Crippen LogP contribution in [-0.4, -0.2) is 16.8 Å². The van der Waals surface area contributed by atoms with Gasteiger partial charge >= 0.3 is 0 Å². The fraction of sp³-hybridized carbons (Fsp3) is 0.286. The summed E-state index contributed by atoms with van der Waals surface area (Å²) in [6.45, 7) is 1.84. The summed E-state index contributed by atoms with van der Waals surface area (Å²) in [4.78, 5) is 16.1. The summed E-state index contributed by atoms with van der Waals surface area (Å²) in [7, 11) is 0. The number of benzene rings is 1. The van der Waals surface area contributed by atoms with Crippen LogP contribution in [0.3, 0.4) is 0 Å². The number of pyridine rings is 1. The predicted molar refractivity (Wildman–Crippen MR) is 68.7 cm³/mol. The molecule has 0 bridgehead atoms. The number of para-hydroxylation sites is 1. The standard InChI is InChI=1S/C14H16N2O/c1-10(15)8-13(17)9-12-7-6-11-4-2-3-5-14(11)16-12/h2-7,10H,8-9,15H2,1H3. The summed E-state index contributed by atoms with van der Waals surface area (Å²) in [5, 5.41) is 1.09. The van der Waals surface area contributed by atoms with Crippen molar-refractivity contribution in [1.82, 2.24) is 4.98 Å². The van der Waals surface area contributed by atoms with Gasteiger partial charge in [0.25, 0.3) is 0 Å². The summed E-state index contributed by atoms with van der Waals surface area (Å²) in [6.07, 6.45) is 0.779. The van der Waals surface area contributed by atoms with Crippen molar-refractivity contribution in [2.24, 2.45) is 5.73 Å². The molecule has 0 saturated heterocycles. The molecule has 1 aromatic carbocycles. The van der Waals surface area contributed by atoms with Gasteiger partial charge in [-0.05, 0) is 19.1 Å². The van der Waals surface area contributed by atoms with Gasteiger partial charge in [0, 0.05) is 30.0 Å². The Balaban J connectivity index is 2.17. The smallest absolute Gasteiger partial charge is 0.140 e. The highest BCUT2D eigenvalue weighted by Gasteiger charge is 2.07. The Hall–Kier alpha value is -1.74. The highest BCUT2D eigenvalue weighted by atomic mass is 16.1. The minimum absolute atomic E-state index is 0.0806. The molecule has 0 aliphatic rings. The Morgan fingerprint density at radius 2 is 2.06 bits per heavy atom. The Kier molecular flexibility index (Phi) is 3.49. The molecule has 2 rings (SSSR count). The Bertz CT molecular complexity index is 534. The molecule has 2 aromatic rings. The van der Waals surface area contributed by atoms with Crippen molar-refractivity contribution in [2.75, 3.05) is 0 Å². The molecule has 0 radical (unpaired) electrons. The van der Waals surface area contributed by atoms with E-state index >= 15 is 0 Å². The largest absolute Gasteiger partial charge is 0.328 e. The molecule has 1 aromatic heterocycles. The third-order valence-electron chi connectivity index (χ3n) is 2.58. The van der Waals surface area contributed by atoms with Gasteiger partial charge in [-0.1, -0.05) is 24.3 Å². The zero-order valence-electron chi connectivity index (χ0n) is 9.89. The van der Waals surface area contributed by atoms with Crippen molar-refractivity contribution in [2.45, 2.75) is 25.8 Å². The van der Waals surface area contributed by atoms with E-state index in [0.717, 1.165) is 16.6 Å². The van der Waals surface area contributed by atoms with Crippen LogP contribution in [0.4, 0.5) is 0 Å². The second kappa shape index (κ2) is 5.06. The minimum atomic E-state index is -0.0806. The van der Waals surface area contributed by atoms with E-state index in [1.165, 1.54) is 0 Å². The maximum absolute atomic E-state index is 11.6. The van der Waals surface area contributed by atoms with E-state index in [2.05, 4.69) is 4.98 Å². The lowest BCUT2D eigenvalue weighted by molar-refractivity contribution is -0.118. The minimum Gasteiger partial charge on any atom is -0.328 e. The van der Waals surface area contributed by atoms with E-state index in [1.54, 1.807) is 0 Å². The van der Waals surface area contributed by atoms with Gasteiger partial charge in [0.15, 0.2) is 0 Å². The SMILES string of the molecule is CC(N)CC(=O)Cc1ccc2ccccc2n1. The molecule has 0 aliphatic carbocycles. The monoisotopic (exact) mass is 228 g/mol. The van der Waals surface area contributed by atoms with Gasteiger partial charge in [-0.25, -0.2) is 0 Å². The van der Waals surface area contributed by atoms with E-state index in [-0.39, 0.29) is 11.8 Å². The molecule has 3 nitrogen and oxygen atoms in total. The fourth-order valence-electron chi connectivity index (χ4n) is 1.84. The molecular weight excluding hydrogens is 212 g/mol. The van der Waals surface area contributed by atoms with Crippen LogP contribution in [0.2, 0.25) is 0 Å². The van der Waals surface area contributed by atoms with Crippen LogP contribution in [0.25, 0.3) is 10.9 Å². The number of ketones is 1. The molecule has 0 fully saturated rings. The summed E-state index contributed by atoms with van der Waals surface area (Å²) < 4.78 is 0. The number of aromatic nitrogens is 1. The number of Topliss-reactive ketones (excluding diaryl/α,β-unsaturated/α-hetero) is 1. The van der Waals surface area contributed by atoms with Crippen LogP contribution in [0.15, 0.2) is 36.4 Å². The summed E-state index contributed by atoms with van der Waals surface area (Å²) in [5.74, 6) is 0.141. The van der Waals surface area contributed by atoms with Crippen LogP contribution in [0.1, 0.15) is 19.0 Å². The third kappa shape index (κ3) is 3.11. The number of nitrogens with two attached hydrogens (primary N) is 1. The van der Waals surface area contributed by atoms with Crippen LogP contribution in [0, 0.1) is 0 Å². The van der Waals surface area contributed by atoms with E-state index < -0.39 is 0 Å². The van der Waals surface area contributed by atoms with E-state index in [9.17, 15) is 4.79 Å². The molecule has 3 heteroatoms. The number of carbonyl (C=O) groups excluding carboxylic acids is 1. The first-order chi connectivity index (χ1) is 8.15. The Morgan fingerprint density at radius 1 is 1.29 bits per heavy atom. The summed E-state index contributed by atoms with van der Waals surface area (Å²) in [5.41, 5.74) is 7.34. The first-order valence-electron chi connectivity index (χ1n) is 5.77. The summed E-state index contributed by atoms with van der Waals surface area (Å²) >= 11 is 0. The molecule has 0 aliphatic heterocycles. The van der Waals surface area contributed by atoms with Crippen molar-refractivity contribution in [3.8, 4) is 0 Å². The topological polar surface area (TPSA) is 56.0 Å². The number of rotatable bonds is 4. The molecule has 0 amide bonds. The second-order valence-electron chi connectivity index (χ2n) is 4.39. The van der Waals surface area contributed by atoms with Crippen molar-refractivity contribution in [3.05, 3.63) is 42.1 Å². The predicted octanol–water partition coefficient (Wildman–Crippen LogP) is 2.08. The van der Waals surface area contributed by atoms with Crippen LogP contribution < -0.4 is 5.73 Å². The van der Waals surface area contributed by atoms with Crippen LogP contribution >= 0.6 is 0 Å². The van der Waals surface area contributed by atoms with E-state index in [0.29, 0.717) is 12.8 Å². The second-order valence-corrected chi connectivity index (χ2v) is 4.39. The van der Waals surface area contributed by atoms with Gasteiger partial charge in [-0.3, -0.25) is 9.78 Å². The van der Waals surface area contributed by atoms with Crippen LogP contribution in [0.5, 0.6) is 0 Å². The van der Waals surface area contributed by atoms with Crippen LogP contribution in [-0.2, 0) is 11.2 Å².